The van der Waals surface area contributed by atoms with Gasteiger partial charge in [0, 0.05) is 24.7 Å². The Hall–Kier alpha value is -4.43. The number of carboxylic acid groups (broad SMARTS) is 1. The molecule has 0 spiro atoms. The molecular formula is C34H28Cl2N2O8S2. The van der Waals surface area contributed by atoms with E-state index >= 15 is 0 Å². The monoisotopic (exact) mass is 726 g/mol. The molecule has 14 heteroatoms. The molecule has 0 saturated carbocycles. The fraction of sp³-hybridized carbons (Fsp3) is 0.0882. The summed E-state index contributed by atoms with van der Waals surface area (Å²) in [4.78, 5) is 10.5. The van der Waals surface area contributed by atoms with E-state index in [9.17, 15) is 36.9 Å². The van der Waals surface area contributed by atoms with Crippen molar-refractivity contribution >= 4 is 49.2 Å². The largest absolute Gasteiger partial charge is 0.507 e. The predicted octanol–water partition coefficient (Wildman–Crippen LogP) is 6.64. The Morgan fingerprint density at radius 1 is 0.708 bits per heavy atom. The van der Waals surface area contributed by atoms with Gasteiger partial charge in [0.1, 0.15) is 16.2 Å². The van der Waals surface area contributed by atoms with Crippen LogP contribution in [0.3, 0.4) is 0 Å². The van der Waals surface area contributed by atoms with Crippen LogP contribution in [0.4, 0.5) is 0 Å². The van der Waals surface area contributed by atoms with Crippen LogP contribution in [-0.4, -0.2) is 42.4 Å². The third kappa shape index (κ3) is 7.98. The van der Waals surface area contributed by atoms with E-state index in [1.165, 1.54) is 6.07 Å². The van der Waals surface area contributed by atoms with E-state index in [-0.39, 0.29) is 34.6 Å². The average Bonchev–Trinajstić information content (AvgIpc) is 3.06. The molecule has 10 nitrogen and oxygen atoms in total. The van der Waals surface area contributed by atoms with Gasteiger partial charge in [-0.1, -0.05) is 102 Å². The summed E-state index contributed by atoms with van der Waals surface area (Å²) >= 11 is 12.2. The first-order valence-electron chi connectivity index (χ1n) is 14.2. The molecule has 4 N–H and O–H groups in total. The lowest BCUT2D eigenvalue weighted by Gasteiger charge is -2.24. The quantitative estimate of drug-likeness (QED) is 0.111. The number of phenols is 2. The zero-order valence-corrected chi connectivity index (χ0v) is 28.1. The van der Waals surface area contributed by atoms with Crippen LogP contribution in [0.15, 0.2) is 119 Å². The summed E-state index contributed by atoms with van der Waals surface area (Å²) < 4.78 is 57.5. The second-order valence-corrected chi connectivity index (χ2v) is 15.2. The van der Waals surface area contributed by atoms with Gasteiger partial charge < -0.3 is 15.3 Å². The fourth-order valence-electron chi connectivity index (χ4n) is 4.90. The highest BCUT2D eigenvalue weighted by Gasteiger charge is 2.30. The Morgan fingerprint density at radius 3 is 2.04 bits per heavy atom. The standard InChI is InChI=1S/C34H28Cl2N2O8S2/c35-27-16-30(36)33(40)32(17-27)48(45,46)38(20-22-9-11-26(12-10-22)25-7-2-1-3-8-25)21-24-6-4-5-23(15-24)19-37-47(43,44)28-13-14-31(39)29(18-28)34(41)42/h1-18,37,39-40H,19-21H2,(H,41,42). The van der Waals surface area contributed by atoms with E-state index < -0.39 is 48.0 Å². The number of nitrogens with one attached hydrogen (secondary N) is 1. The van der Waals surface area contributed by atoms with Crippen molar-refractivity contribution in [1.82, 2.24) is 9.03 Å². The minimum absolute atomic E-state index is 0.0157. The zero-order chi connectivity index (χ0) is 34.6. The van der Waals surface area contributed by atoms with E-state index in [0.717, 1.165) is 39.7 Å². The van der Waals surface area contributed by atoms with Crippen LogP contribution in [0.2, 0.25) is 10.0 Å². The van der Waals surface area contributed by atoms with Gasteiger partial charge in [-0.15, -0.1) is 0 Å². The van der Waals surface area contributed by atoms with Gasteiger partial charge in [0.2, 0.25) is 20.0 Å². The molecule has 0 aliphatic heterocycles. The lowest BCUT2D eigenvalue weighted by atomic mass is 10.0. The third-order valence-corrected chi connectivity index (χ3v) is 11.1. The summed E-state index contributed by atoms with van der Waals surface area (Å²) in [5.41, 5.74) is 3.00. The molecule has 248 valence electrons. The number of aromatic carboxylic acids is 1. The summed E-state index contributed by atoms with van der Waals surface area (Å²) in [7, 11) is -8.59. The lowest BCUT2D eigenvalue weighted by molar-refractivity contribution is 0.0693. The van der Waals surface area contributed by atoms with Crippen LogP contribution in [0.5, 0.6) is 11.5 Å². The van der Waals surface area contributed by atoms with E-state index in [1.54, 1.807) is 36.4 Å². The van der Waals surface area contributed by atoms with Crippen LogP contribution in [0.25, 0.3) is 11.1 Å². The molecule has 0 radical (unpaired) electrons. The molecule has 0 heterocycles. The van der Waals surface area contributed by atoms with Gasteiger partial charge in [0.15, 0.2) is 5.75 Å². The van der Waals surface area contributed by atoms with Gasteiger partial charge in [-0.25, -0.2) is 26.4 Å². The molecular weight excluding hydrogens is 699 g/mol. The number of phenolic OH excluding ortho intramolecular Hbond substituents is 1. The number of benzene rings is 5. The van der Waals surface area contributed by atoms with Crippen LogP contribution < -0.4 is 4.72 Å². The van der Waals surface area contributed by atoms with Crippen molar-refractivity contribution in [1.29, 1.82) is 0 Å². The Bertz CT molecular complexity index is 2200. The van der Waals surface area contributed by atoms with Crippen molar-refractivity contribution in [3.63, 3.8) is 0 Å². The number of hydrogen-bond acceptors (Lipinski definition) is 7. The summed E-state index contributed by atoms with van der Waals surface area (Å²) in [5.74, 6) is -2.71. The zero-order valence-electron chi connectivity index (χ0n) is 24.9. The molecule has 5 aromatic rings. The van der Waals surface area contributed by atoms with Crippen LogP contribution in [0.1, 0.15) is 27.0 Å². The Balaban J connectivity index is 1.43. The number of carbonyl (C=O) groups is 1. The molecule has 5 aromatic carbocycles. The summed E-state index contributed by atoms with van der Waals surface area (Å²) in [6.45, 7) is -0.477. The van der Waals surface area contributed by atoms with Gasteiger partial charge in [-0.2, -0.15) is 4.31 Å². The van der Waals surface area contributed by atoms with Crippen LogP contribution >= 0.6 is 23.2 Å². The minimum atomic E-state index is -4.40. The van der Waals surface area contributed by atoms with E-state index in [0.29, 0.717) is 16.7 Å². The molecule has 0 unspecified atom stereocenters. The molecule has 0 saturated heterocycles. The number of sulfonamides is 2. The summed E-state index contributed by atoms with van der Waals surface area (Å²) in [6, 6.07) is 28.9. The Kier molecular flexibility index (Phi) is 10.4. The molecule has 0 aliphatic rings. The second kappa shape index (κ2) is 14.4. The van der Waals surface area contributed by atoms with Crippen molar-refractivity contribution in [3.05, 3.63) is 141 Å². The van der Waals surface area contributed by atoms with Crippen molar-refractivity contribution in [2.75, 3.05) is 0 Å². The maximum absolute atomic E-state index is 14.1. The fourth-order valence-corrected chi connectivity index (χ4v) is 8.10. The molecule has 48 heavy (non-hydrogen) atoms. The van der Waals surface area contributed by atoms with Gasteiger partial charge in [-0.3, -0.25) is 0 Å². The van der Waals surface area contributed by atoms with Crippen molar-refractivity contribution < 1.29 is 36.9 Å². The molecule has 0 bridgehead atoms. The minimum Gasteiger partial charge on any atom is -0.507 e. The number of nitrogens with zero attached hydrogens (tertiary/aromatic N) is 1. The van der Waals surface area contributed by atoms with Gasteiger partial charge in [-0.05, 0) is 58.1 Å². The number of halogens is 2. The van der Waals surface area contributed by atoms with Gasteiger partial charge in [0.25, 0.3) is 0 Å². The van der Waals surface area contributed by atoms with Gasteiger partial charge in [0.05, 0.1) is 9.92 Å². The molecule has 5 rings (SSSR count). The summed E-state index contributed by atoms with van der Waals surface area (Å²) in [5, 5.41) is 29.4. The second-order valence-electron chi connectivity index (χ2n) is 10.7. The normalized spacial score (nSPS) is 11.9. The van der Waals surface area contributed by atoms with Gasteiger partial charge >= 0.3 is 5.97 Å². The molecule has 0 aromatic heterocycles. The van der Waals surface area contributed by atoms with Crippen molar-refractivity contribution in [2.45, 2.75) is 29.4 Å². The lowest BCUT2D eigenvalue weighted by Crippen LogP contribution is -2.30. The molecule has 0 amide bonds. The number of rotatable bonds is 12. The highest BCUT2D eigenvalue weighted by Crippen LogP contribution is 2.37. The first kappa shape index (κ1) is 34.9. The van der Waals surface area contributed by atoms with Crippen molar-refractivity contribution in [2.24, 2.45) is 0 Å². The van der Waals surface area contributed by atoms with E-state index in [1.807, 2.05) is 42.5 Å². The highest BCUT2D eigenvalue weighted by atomic mass is 35.5. The first-order valence-corrected chi connectivity index (χ1v) is 17.9. The number of hydrogen-bond donors (Lipinski definition) is 4. The average molecular weight is 728 g/mol. The highest BCUT2D eigenvalue weighted by molar-refractivity contribution is 7.89. The number of carboxylic acids is 1. The number of aromatic hydroxyl groups is 2. The predicted molar refractivity (Wildman–Crippen MR) is 182 cm³/mol. The topological polar surface area (TPSA) is 161 Å². The van der Waals surface area contributed by atoms with Crippen LogP contribution in [-0.2, 0) is 39.7 Å². The maximum Gasteiger partial charge on any atom is 0.339 e. The third-order valence-electron chi connectivity index (χ3n) is 7.36. The maximum atomic E-state index is 14.1. The molecule has 0 aliphatic carbocycles. The Morgan fingerprint density at radius 2 is 1.35 bits per heavy atom. The molecule has 0 atom stereocenters. The van der Waals surface area contributed by atoms with Crippen molar-refractivity contribution in [3.8, 4) is 22.6 Å². The summed E-state index contributed by atoms with van der Waals surface area (Å²) in [6.07, 6.45) is 0. The van der Waals surface area contributed by atoms with Crippen LogP contribution in [0, 0.1) is 0 Å². The Labute approximate surface area is 287 Å². The van der Waals surface area contributed by atoms with E-state index in [2.05, 4.69) is 4.72 Å². The smallest absolute Gasteiger partial charge is 0.339 e. The van der Waals surface area contributed by atoms with E-state index in [4.69, 9.17) is 23.2 Å². The SMILES string of the molecule is O=C(O)c1cc(S(=O)(=O)NCc2cccc(CN(Cc3ccc(-c4ccccc4)cc3)S(=O)(=O)c3cc(Cl)cc(Cl)c3O)c2)ccc1O. The first-order chi connectivity index (χ1) is 22.7. The molecule has 0 fully saturated rings.